The number of nitrogens with one attached hydrogen (secondary N) is 1. The molecule has 2 unspecified atom stereocenters. The molecule has 1 aromatic rings. The molecule has 2 atom stereocenters. The molecular formula is C18H29NO2. The van der Waals surface area contributed by atoms with Crippen molar-refractivity contribution in [3.05, 3.63) is 23.8 Å². The normalized spacial score (nSPS) is 20.0. The van der Waals surface area contributed by atoms with Crippen molar-refractivity contribution in [3.8, 4) is 11.5 Å². The van der Waals surface area contributed by atoms with E-state index in [1.165, 1.54) is 5.56 Å². The summed E-state index contributed by atoms with van der Waals surface area (Å²) in [5.74, 6) is 2.18. The molecule has 1 aliphatic rings. The van der Waals surface area contributed by atoms with Gasteiger partial charge in [0.25, 0.3) is 0 Å². The number of hydrogen-bond donors (Lipinski definition) is 1. The van der Waals surface area contributed by atoms with Gasteiger partial charge in [0, 0.05) is 12.0 Å². The Morgan fingerprint density at radius 2 is 1.86 bits per heavy atom. The highest BCUT2D eigenvalue weighted by Gasteiger charge is 2.22. The summed E-state index contributed by atoms with van der Waals surface area (Å²) in [6.45, 7) is 13.6. The highest BCUT2D eigenvalue weighted by Crippen LogP contribution is 2.36. The Labute approximate surface area is 129 Å². The fourth-order valence-corrected chi connectivity index (χ4v) is 2.65. The Morgan fingerprint density at radius 3 is 2.48 bits per heavy atom. The minimum Gasteiger partial charge on any atom is -0.489 e. The van der Waals surface area contributed by atoms with Crippen LogP contribution >= 0.6 is 0 Å². The predicted octanol–water partition coefficient (Wildman–Crippen LogP) is 4.18. The Hall–Kier alpha value is -1.22. The van der Waals surface area contributed by atoms with E-state index in [4.69, 9.17) is 9.47 Å². The third-order valence-corrected chi connectivity index (χ3v) is 3.68. The van der Waals surface area contributed by atoms with Crippen molar-refractivity contribution in [1.29, 1.82) is 0 Å². The van der Waals surface area contributed by atoms with Crippen molar-refractivity contribution in [3.63, 3.8) is 0 Å². The molecule has 0 spiro atoms. The Bertz CT molecular complexity index is 465. The molecule has 0 aromatic heterocycles. The fraction of sp³-hybridized carbons (Fsp3) is 0.667. The van der Waals surface area contributed by atoms with Crippen molar-refractivity contribution in [2.24, 2.45) is 11.3 Å². The van der Waals surface area contributed by atoms with Crippen LogP contribution in [-0.2, 0) is 0 Å². The van der Waals surface area contributed by atoms with Crippen molar-refractivity contribution in [2.75, 3.05) is 19.8 Å². The van der Waals surface area contributed by atoms with Gasteiger partial charge in [0.05, 0.1) is 13.2 Å². The maximum Gasteiger partial charge on any atom is 0.161 e. The maximum absolute atomic E-state index is 5.91. The third-order valence-electron chi connectivity index (χ3n) is 3.68. The monoisotopic (exact) mass is 291 g/mol. The molecule has 0 bridgehead atoms. The minimum absolute atomic E-state index is 0.283. The zero-order valence-corrected chi connectivity index (χ0v) is 14.0. The second-order valence-corrected chi connectivity index (χ2v) is 7.31. The molecule has 1 aromatic carbocycles. The van der Waals surface area contributed by atoms with Gasteiger partial charge < -0.3 is 14.8 Å². The first-order valence-corrected chi connectivity index (χ1v) is 8.02. The molecule has 0 fully saturated rings. The molecule has 1 N–H and O–H groups in total. The van der Waals surface area contributed by atoms with Crippen LogP contribution in [0.1, 0.15) is 52.6 Å². The van der Waals surface area contributed by atoms with E-state index in [0.717, 1.165) is 37.7 Å². The van der Waals surface area contributed by atoms with Gasteiger partial charge in [-0.3, -0.25) is 0 Å². The molecule has 0 aliphatic carbocycles. The molecule has 0 saturated heterocycles. The molecule has 0 amide bonds. The first-order valence-electron chi connectivity index (χ1n) is 8.02. The Morgan fingerprint density at radius 1 is 1.19 bits per heavy atom. The van der Waals surface area contributed by atoms with E-state index in [1.54, 1.807) is 0 Å². The molecule has 0 radical (unpaired) electrons. The summed E-state index contributed by atoms with van der Waals surface area (Å²) in [7, 11) is 0. The molecule has 1 aliphatic heterocycles. The second-order valence-electron chi connectivity index (χ2n) is 7.31. The van der Waals surface area contributed by atoms with Crippen molar-refractivity contribution < 1.29 is 9.47 Å². The summed E-state index contributed by atoms with van der Waals surface area (Å²) in [5, 5.41) is 3.59. The van der Waals surface area contributed by atoms with Crippen LogP contribution in [0.3, 0.4) is 0 Å². The molecule has 0 saturated carbocycles. The van der Waals surface area contributed by atoms with Gasteiger partial charge in [-0.15, -0.1) is 0 Å². The summed E-state index contributed by atoms with van der Waals surface area (Å²) in [5.41, 5.74) is 1.56. The van der Waals surface area contributed by atoms with E-state index < -0.39 is 0 Å². The summed E-state index contributed by atoms with van der Waals surface area (Å²) < 4.78 is 11.7. The summed E-state index contributed by atoms with van der Waals surface area (Å²) in [4.78, 5) is 0. The van der Waals surface area contributed by atoms with Crippen LogP contribution in [0.5, 0.6) is 11.5 Å². The molecule has 118 valence electrons. The zero-order chi connectivity index (χ0) is 15.5. The van der Waals surface area contributed by atoms with Crippen molar-refractivity contribution in [1.82, 2.24) is 5.32 Å². The predicted molar refractivity (Wildman–Crippen MR) is 87.1 cm³/mol. The number of hydrogen-bond acceptors (Lipinski definition) is 3. The maximum atomic E-state index is 5.91. The van der Waals surface area contributed by atoms with Crippen molar-refractivity contribution in [2.45, 2.75) is 47.1 Å². The molecule has 2 rings (SSSR count). The number of fused-ring (bicyclic) bond motifs is 1. The Balaban J connectivity index is 2.22. The highest BCUT2D eigenvalue weighted by atomic mass is 16.5. The van der Waals surface area contributed by atoms with E-state index in [2.05, 4.69) is 58.1 Å². The van der Waals surface area contributed by atoms with E-state index in [9.17, 15) is 0 Å². The second kappa shape index (κ2) is 6.69. The third kappa shape index (κ3) is 4.63. The Kier molecular flexibility index (Phi) is 5.15. The lowest BCUT2D eigenvalue weighted by Crippen LogP contribution is -2.25. The van der Waals surface area contributed by atoms with E-state index >= 15 is 0 Å². The SMILES string of the molecule is CCNC(CC(C)(C)C)c1ccc2c(c1)OCC(C)CO2. The van der Waals surface area contributed by atoms with Gasteiger partial charge in [-0.25, -0.2) is 0 Å². The molecule has 21 heavy (non-hydrogen) atoms. The van der Waals surface area contributed by atoms with Gasteiger partial charge >= 0.3 is 0 Å². The number of rotatable bonds is 4. The largest absolute Gasteiger partial charge is 0.489 e. The van der Waals surface area contributed by atoms with Crippen LogP contribution in [0.25, 0.3) is 0 Å². The number of benzene rings is 1. The first kappa shape index (κ1) is 16.2. The summed E-state index contributed by atoms with van der Waals surface area (Å²) in [6.07, 6.45) is 1.09. The molecule has 3 nitrogen and oxygen atoms in total. The quantitative estimate of drug-likeness (QED) is 0.902. The van der Waals surface area contributed by atoms with Gasteiger partial charge in [-0.2, -0.15) is 0 Å². The lowest BCUT2D eigenvalue weighted by Gasteiger charge is -2.27. The van der Waals surface area contributed by atoms with Crippen LogP contribution in [0.15, 0.2) is 18.2 Å². The zero-order valence-electron chi connectivity index (χ0n) is 14.0. The van der Waals surface area contributed by atoms with E-state index in [-0.39, 0.29) is 5.41 Å². The highest BCUT2D eigenvalue weighted by molar-refractivity contribution is 5.44. The van der Waals surface area contributed by atoms with Gasteiger partial charge in [0.2, 0.25) is 0 Å². The molecular weight excluding hydrogens is 262 g/mol. The average Bonchev–Trinajstić information content (AvgIpc) is 2.59. The van der Waals surface area contributed by atoms with Crippen LogP contribution in [0.4, 0.5) is 0 Å². The lowest BCUT2D eigenvalue weighted by molar-refractivity contribution is 0.228. The lowest BCUT2D eigenvalue weighted by atomic mass is 9.85. The fourth-order valence-electron chi connectivity index (χ4n) is 2.65. The minimum atomic E-state index is 0.283. The summed E-state index contributed by atoms with van der Waals surface area (Å²) >= 11 is 0. The van der Waals surface area contributed by atoms with Crippen LogP contribution in [0.2, 0.25) is 0 Å². The van der Waals surface area contributed by atoms with Crippen LogP contribution in [-0.4, -0.2) is 19.8 Å². The van der Waals surface area contributed by atoms with Gasteiger partial charge in [0.15, 0.2) is 11.5 Å². The first-order chi connectivity index (χ1) is 9.89. The number of ether oxygens (including phenoxy) is 2. The van der Waals surface area contributed by atoms with Gasteiger partial charge in [0.1, 0.15) is 0 Å². The standard InChI is InChI=1S/C18H29NO2/c1-6-19-15(10-18(3,4)5)14-7-8-16-17(9-14)21-12-13(2)11-20-16/h7-9,13,15,19H,6,10-12H2,1-5H3. The topological polar surface area (TPSA) is 30.5 Å². The van der Waals surface area contributed by atoms with Crippen molar-refractivity contribution >= 4 is 0 Å². The van der Waals surface area contributed by atoms with Gasteiger partial charge in [-0.05, 0) is 36.1 Å². The van der Waals surface area contributed by atoms with Gasteiger partial charge in [-0.1, -0.05) is 40.7 Å². The van der Waals surface area contributed by atoms with E-state index in [0.29, 0.717) is 12.0 Å². The van der Waals surface area contributed by atoms with Crippen LogP contribution < -0.4 is 14.8 Å². The van der Waals surface area contributed by atoms with Crippen LogP contribution in [0, 0.1) is 11.3 Å². The average molecular weight is 291 g/mol. The smallest absolute Gasteiger partial charge is 0.161 e. The van der Waals surface area contributed by atoms with E-state index in [1.807, 2.05) is 0 Å². The molecule has 1 heterocycles. The molecule has 3 heteroatoms. The summed E-state index contributed by atoms with van der Waals surface area (Å²) in [6, 6.07) is 6.71.